The van der Waals surface area contributed by atoms with E-state index in [1.807, 2.05) is 0 Å². The van der Waals surface area contributed by atoms with Crippen LogP contribution in [0.25, 0.3) is 0 Å². The molecule has 6 heteroatoms. The first-order valence-electron chi connectivity index (χ1n) is 5.24. The standard InChI is InChI=1S/C12H11BrFN3O/c1-7-11(13)12(18)17(6-16-7)5-8-2-3-9(15)4-10(8)14/h2-4,6H,5,15H2,1H3. The van der Waals surface area contributed by atoms with E-state index in [0.717, 1.165) is 0 Å². The zero-order valence-electron chi connectivity index (χ0n) is 9.65. The molecule has 0 aliphatic carbocycles. The molecule has 4 nitrogen and oxygen atoms in total. The van der Waals surface area contributed by atoms with Gasteiger partial charge in [0.2, 0.25) is 0 Å². The van der Waals surface area contributed by atoms with Crippen molar-refractivity contribution in [1.29, 1.82) is 0 Å². The van der Waals surface area contributed by atoms with E-state index in [4.69, 9.17) is 5.73 Å². The van der Waals surface area contributed by atoms with Gasteiger partial charge in [-0.05, 0) is 35.0 Å². The molecule has 94 valence electrons. The Kier molecular flexibility index (Phi) is 3.47. The first-order valence-corrected chi connectivity index (χ1v) is 6.04. The summed E-state index contributed by atoms with van der Waals surface area (Å²) in [5.41, 5.74) is 6.58. The van der Waals surface area contributed by atoms with Gasteiger partial charge in [0.15, 0.2) is 0 Å². The summed E-state index contributed by atoms with van der Waals surface area (Å²) < 4.78 is 15.3. The second kappa shape index (κ2) is 4.89. The lowest BCUT2D eigenvalue weighted by molar-refractivity contribution is 0.594. The van der Waals surface area contributed by atoms with Gasteiger partial charge in [0, 0.05) is 11.3 Å². The van der Waals surface area contributed by atoms with Crippen LogP contribution in [0.4, 0.5) is 10.1 Å². The molecule has 0 spiro atoms. The molecule has 0 fully saturated rings. The van der Waals surface area contributed by atoms with Gasteiger partial charge >= 0.3 is 0 Å². The third-order valence-corrected chi connectivity index (χ3v) is 3.49. The highest BCUT2D eigenvalue weighted by molar-refractivity contribution is 9.10. The lowest BCUT2D eigenvalue weighted by Crippen LogP contribution is -2.23. The molecule has 2 aromatic rings. The summed E-state index contributed by atoms with van der Waals surface area (Å²) >= 11 is 3.16. The maximum absolute atomic E-state index is 13.6. The number of aryl methyl sites for hydroxylation is 1. The molecule has 2 rings (SSSR count). The monoisotopic (exact) mass is 311 g/mol. The Balaban J connectivity index is 2.41. The maximum atomic E-state index is 13.6. The maximum Gasteiger partial charge on any atom is 0.268 e. The molecule has 0 saturated carbocycles. The van der Waals surface area contributed by atoms with Gasteiger partial charge in [0.05, 0.1) is 18.6 Å². The van der Waals surface area contributed by atoms with Crippen LogP contribution < -0.4 is 11.3 Å². The first kappa shape index (κ1) is 12.8. The van der Waals surface area contributed by atoms with Crippen molar-refractivity contribution < 1.29 is 4.39 Å². The van der Waals surface area contributed by atoms with Crippen LogP contribution in [-0.4, -0.2) is 9.55 Å². The minimum atomic E-state index is -0.432. The van der Waals surface area contributed by atoms with Gasteiger partial charge in [0.25, 0.3) is 5.56 Å². The lowest BCUT2D eigenvalue weighted by atomic mass is 10.2. The number of nitrogens with zero attached hydrogens (tertiary/aromatic N) is 2. The molecular formula is C12H11BrFN3O. The average Bonchev–Trinajstić information content (AvgIpc) is 2.33. The fraction of sp³-hybridized carbons (Fsp3) is 0.167. The van der Waals surface area contributed by atoms with Crippen LogP contribution in [0, 0.1) is 12.7 Å². The predicted molar refractivity (Wildman–Crippen MR) is 70.8 cm³/mol. The molecule has 0 aliphatic rings. The Morgan fingerprint density at radius 1 is 1.50 bits per heavy atom. The van der Waals surface area contributed by atoms with E-state index in [-0.39, 0.29) is 12.1 Å². The van der Waals surface area contributed by atoms with E-state index in [1.54, 1.807) is 19.1 Å². The summed E-state index contributed by atoms with van der Waals surface area (Å²) in [4.78, 5) is 16.0. The van der Waals surface area contributed by atoms with Crippen molar-refractivity contribution in [2.45, 2.75) is 13.5 Å². The number of hydrogen-bond acceptors (Lipinski definition) is 3. The Morgan fingerprint density at radius 3 is 2.89 bits per heavy atom. The smallest absolute Gasteiger partial charge is 0.268 e. The summed E-state index contributed by atoms with van der Waals surface area (Å²) in [5.74, 6) is -0.432. The van der Waals surface area contributed by atoms with Gasteiger partial charge in [-0.15, -0.1) is 0 Å². The van der Waals surface area contributed by atoms with Crippen molar-refractivity contribution >= 4 is 21.6 Å². The average molecular weight is 312 g/mol. The molecule has 0 aliphatic heterocycles. The predicted octanol–water partition coefficient (Wildman–Crippen LogP) is 2.08. The zero-order chi connectivity index (χ0) is 13.3. The summed E-state index contributed by atoms with van der Waals surface area (Å²) in [6.07, 6.45) is 1.40. The number of nitrogen functional groups attached to an aromatic ring is 1. The van der Waals surface area contributed by atoms with E-state index in [2.05, 4.69) is 20.9 Å². The number of rotatable bonds is 2. The van der Waals surface area contributed by atoms with Crippen molar-refractivity contribution in [1.82, 2.24) is 9.55 Å². The van der Waals surface area contributed by atoms with Crippen LogP contribution in [0.2, 0.25) is 0 Å². The molecule has 1 aromatic heterocycles. The van der Waals surface area contributed by atoms with Crippen molar-refractivity contribution in [3.63, 3.8) is 0 Å². The SMILES string of the molecule is Cc1ncn(Cc2ccc(N)cc2F)c(=O)c1Br. The van der Waals surface area contributed by atoms with Crippen LogP contribution in [0.5, 0.6) is 0 Å². The highest BCUT2D eigenvalue weighted by Crippen LogP contribution is 2.13. The van der Waals surface area contributed by atoms with E-state index in [0.29, 0.717) is 21.4 Å². The van der Waals surface area contributed by atoms with Gasteiger partial charge < -0.3 is 5.73 Å². The van der Waals surface area contributed by atoms with Crippen molar-refractivity contribution in [3.05, 3.63) is 56.4 Å². The highest BCUT2D eigenvalue weighted by atomic mass is 79.9. The zero-order valence-corrected chi connectivity index (χ0v) is 11.2. The second-order valence-corrected chi connectivity index (χ2v) is 4.72. The van der Waals surface area contributed by atoms with E-state index in [9.17, 15) is 9.18 Å². The van der Waals surface area contributed by atoms with Crippen LogP contribution in [0.1, 0.15) is 11.3 Å². The largest absolute Gasteiger partial charge is 0.399 e. The molecule has 18 heavy (non-hydrogen) atoms. The van der Waals surface area contributed by atoms with Gasteiger partial charge in [-0.1, -0.05) is 6.07 Å². The third kappa shape index (κ3) is 2.43. The van der Waals surface area contributed by atoms with Crippen molar-refractivity contribution in [2.24, 2.45) is 0 Å². The van der Waals surface area contributed by atoms with E-state index in [1.165, 1.54) is 17.0 Å². The molecule has 2 N–H and O–H groups in total. The van der Waals surface area contributed by atoms with Gasteiger partial charge in [-0.25, -0.2) is 9.37 Å². The molecule has 1 heterocycles. The Morgan fingerprint density at radius 2 is 2.22 bits per heavy atom. The second-order valence-electron chi connectivity index (χ2n) is 3.93. The van der Waals surface area contributed by atoms with Crippen LogP contribution in [0.3, 0.4) is 0 Å². The van der Waals surface area contributed by atoms with Crippen LogP contribution in [0.15, 0.2) is 33.8 Å². The molecule has 1 aromatic carbocycles. The van der Waals surface area contributed by atoms with Crippen LogP contribution >= 0.6 is 15.9 Å². The molecule has 0 amide bonds. The number of nitrogens with two attached hydrogens (primary N) is 1. The lowest BCUT2D eigenvalue weighted by Gasteiger charge is -2.08. The molecule has 0 saturated heterocycles. The molecule has 0 bridgehead atoms. The number of aromatic nitrogens is 2. The van der Waals surface area contributed by atoms with Gasteiger partial charge in [-0.3, -0.25) is 9.36 Å². The van der Waals surface area contributed by atoms with Gasteiger partial charge in [0.1, 0.15) is 10.3 Å². The minimum absolute atomic E-state index is 0.122. The Labute approximate surface area is 111 Å². The van der Waals surface area contributed by atoms with Crippen molar-refractivity contribution in [2.75, 3.05) is 5.73 Å². The van der Waals surface area contributed by atoms with Gasteiger partial charge in [-0.2, -0.15) is 0 Å². The van der Waals surface area contributed by atoms with Crippen LogP contribution in [-0.2, 0) is 6.54 Å². The number of hydrogen-bond donors (Lipinski definition) is 1. The Bertz CT molecular complexity index is 654. The molecule has 0 unspecified atom stereocenters. The first-order chi connectivity index (χ1) is 8.49. The number of halogens is 2. The van der Waals surface area contributed by atoms with E-state index >= 15 is 0 Å². The van der Waals surface area contributed by atoms with E-state index < -0.39 is 5.82 Å². The fourth-order valence-electron chi connectivity index (χ4n) is 1.53. The van der Waals surface area contributed by atoms with Crippen molar-refractivity contribution in [3.8, 4) is 0 Å². The molecule has 0 atom stereocenters. The minimum Gasteiger partial charge on any atom is -0.399 e. The third-order valence-electron chi connectivity index (χ3n) is 2.57. The molecular weight excluding hydrogens is 301 g/mol. The Hall–Kier alpha value is -1.69. The summed E-state index contributed by atoms with van der Waals surface area (Å²) in [6, 6.07) is 4.39. The summed E-state index contributed by atoms with van der Waals surface area (Å²) in [5, 5.41) is 0. The number of anilines is 1. The quantitative estimate of drug-likeness (QED) is 0.864. The normalized spacial score (nSPS) is 10.6. The molecule has 0 radical (unpaired) electrons. The fourth-order valence-corrected chi connectivity index (χ4v) is 1.86. The number of benzene rings is 1. The topological polar surface area (TPSA) is 60.9 Å². The summed E-state index contributed by atoms with van der Waals surface area (Å²) in [6.45, 7) is 1.84. The highest BCUT2D eigenvalue weighted by Gasteiger charge is 2.08. The summed E-state index contributed by atoms with van der Waals surface area (Å²) in [7, 11) is 0.